The number of hydrogen-bond acceptors (Lipinski definition) is 3. The first-order chi connectivity index (χ1) is 13.9. The van der Waals surface area contributed by atoms with Crippen LogP contribution in [-0.2, 0) is 11.3 Å². The van der Waals surface area contributed by atoms with Gasteiger partial charge in [-0.1, -0.05) is 24.3 Å². The maximum atomic E-state index is 13.1. The molecule has 3 N–H and O–H groups in total. The number of rotatable bonds is 6. The molecule has 0 saturated carbocycles. The Hall–Kier alpha value is -3.68. The summed E-state index contributed by atoms with van der Waals surface area (Å²) in [6, 6.07) is 14.4. The van der Waals surface area contributed by atoms with Crippen LogP contribution >= 0.6 is 0 Å². The van der Waals surface area contributed by atoms with Crippen LogP contribution in [-0.4, -0.2) is 21.7 Å². The van der Waals surface area contributed by atoms with E-state index in [2.05, 4.69) is 21.0 Å². The van der Waals surface area contributed by atoms with Gasteiger partial charge in [0.25, 0.3) is 0 Å². The number of nitrogens with zero attached hydrogens (tertiary/aromatic N) is 2. The Bertz CT molecular complexity index is 1000. The van der Waals surface area contributed by atoms with Crippen molar-refractivity contribution in [1.29, 1.82) is 0 Å². The standard InChI is InChI=1S/C21H22FN5O2/c1-14(17-4-3-5-19(12-17)25-15(2)28)24-21(29)26-20-10-11-23-27(20)13-16-6-8-18(22)9-7-16/h3-12,14H,13H2,1-2H3,(H,25,28)(H2,24,26,29)/t14-/m0/s1. The number of carbonyl (C=O) groups excluding carboxylic acids is 2. The van der Waals surface area contributed by atoms with E-state index in [-0.39, 0.29) is 23.8 Å². The van der Waals surface area contributed by atoms with Crippen molar-refractivity contribution in [2.75, 3.05) is 10.6 Å². The molecule has 0 bridgehead atoms. The monoisotopic (exact) mass is 395 g/mol. The van der Waals surface area contributed by atoms with Gasteiger partial charge in [-0.15, -0.1) is 0 Å². The zero-order valence-corrected chi connectivity index (χ0v) is 16.1. The molecule has 7 nitrogen and oxygen atoms in total. The highest BCUT2D eigenvalue weighted by Gasteiger charge is 2.12. The van der Waals surface area contributed by atoms with E-state index >= 15 is 0 Å². The fraction of sp³-hybridized carbons (Fsp3) is 0.190. The first kappa shape index (κ1) is 20.1. The van der Waals surface area contributed by atoms with E-state index < -0.39 is 0 Å². The Labute approximate surface area is 167 Å². The summed E-state index contributed by atoms with van der Waals surface area (Å²) in [6.45, 7) is 3.69. The Morgan fingerprint density at radius 2 is 1.86 bits per heavy atom. The number of urea groups is 1. The molecule has 3 amide bonds. The molecule has 0 aliphatic carbocycles. The van der Waals surface area contributed by atoms with Gasteiger partial charge in [0, 0.05) is 18.7 Å². The van der Waals surface area contributed by atoms with E-state index in [1.807, 2.05) is 25.1 Å². The lowest BCUT2D eigenvalue weighted by Gasteiger charge is -2.16. The largest absolute Gasteiger partial charge is 0.331 e. The second-order valence-corrected chi connectivity index (χ2v) is 6.63. The molecule has 3 aromatic rings. The summed E-state index contributed by atoms with van der Waals surface area (Å²) < 4.78 is 14.7. The van der Waals surface area contributed by atoms with Crippen LogP contribution in [0.4, 0.5) is 20.7 Å². The fourth-order valence-corrected chi connectivity index (χ4v) is 2.85. The van der Waals surface area contributed by atoms with Crippen molar-refractivity contribution in [1.82, 2.24) is 15.1 Å². The number of amides is 3. The van der Waals surface area contributed by atoms with Crippen LogP contribution in [0.25, 0.3) is 0 Å². The van der Waals surface area contributed by atoms with Gasteiger partial charge in [-0.3, -0.25) is 10.1 Å². The molecule has 150 valence electrons. The highest BCUT2D eigenvalue weighted by Crippen LogP contribution is 2.18. The first-order valence-electron chi connectivity index (χ1n) is 9.12. The lowest BCUT2D eigenvalue weighted by Crippen LogP contribution is -2.32. The van der Waals surface area contributed by atoms with Gasteiger partial charge in [0.2, 0.25) is 5.91 Å². The summed E-state index contributed by atoms with van der Waals surface area (Å²) in [5, 5.41) is 12.6. The topological polar surface area (TPSA) is 88.1 Å². The summed E-state index contributed by atoms with van der Waals surface area (Å²) >= 11 is 0. The summed E-state index contributed by atoms with van der Waals surface area (Å²) in [5.41, 5.74) is 2.38. The molecular weight excluding hydrogens is 373 g/mol. The predicted octanol–water partition coefficient (Wildman–Crippen LogP) is 3.91. The van der Waals surface area contributed by atoms with Gasteiger partial charge in [-0.05, 0) is 42.3 Å². The molecule has 1 aromatic heterocycles. The van der Waals surface area contributed by atoms with Gasteiger partial charge >= 0.3 is 6.03 Å². The van der Waals surface area contributed by atoms with E-state index in [0.717, 1.165) is 11.1 Å². The van der Waals surface area contributed by atoms with Crippen molar-refractivity contribution in [3.05, 3.63) is 77.7 Å². The SMILES string of the molecule is CC(=O)Nc1cccc([C@H](C)NC(=O)Nc2ccnn2Cc2ccc(F)cc2)c1. The third-order valence-electron chi connectivity index (χ3n) is 4.26. The number of hydrogen-bond donors (Lipinski definition) is 3. The minimum Gasteiger partial charge on any atom is -0.331 e. The normalized spacial score (nSPS) is 11.6. The Kier molecular flexibility index (Phi) is 6.23. The quantitative estimate of drug-likeness (QED) is 0.591. The van der Waals surface area contributed by atoms with Crippen LogP contribution in [0.15, 0.2) is 60.8 Å². The second kappa shape index (κ2) is 9.01. The van der Waals surface area contributed by atoms with Crippen molar-refractivity contribution < 1.29 is 14.0 Å². The minimum atomic E-state index is -0.386. The summed E-state index contributed by atoms with van der Waals surface area (Å²) in [7, 11) is 0. The van der Waals surface area contributed by atoms with Gasteiger partial charge in [0.05, 0.1) is 18.8 Å². The van der Waals surface area contributed by atoms with Gasteiger partial charge in [-0.2, -0.15) is 5.10 Å². The third kappa shape index (κ3) is 5.65. The van der Waals surface area contributed by atoms with Crippen molar-refractivity contribution in [3.8, 4) is 0 Å². The first-order valence-corrected chi connectivity index (χ1v) is 9.12. The molecule has 8 heteroatoms. The van der Waals surface area contributed by atoms with E-state index in [1.165, 1.54) is 19.1 Å². The Balaban J connectivity index is 1.62. The molecule has 2 aromatic carbocycles. The highest BCUT2D eigenvalue weighted by atomic mass is 19.1. The van der Waals surface area contributed by atoms with E-state index in [1.54, 1.807) is 35.1 Å². The molecule has 0 radical (unpaired) electrons. The number of anilines is 2. The molecule has 29 heavy (non-hydrogen) atoms. The Morgan fingerprint density at radius 3 is 2.59 bits per heavy atom. The van der Waals surface area contributed by atoms with Crippen molar-refractivity contribution >= 4 is 23.4 Å². The van der Waals surface area contributed by atoms with Crippen molar-refractivity contribution in [3.63, 3.8) is 0 Å². The average Bonchev–Trinajstić information content (AvgIpc) is 3.09. The van der Waals surface area contributed by atoms with Crippen LogP contribution in [0.5, 0.6) is 0 Å². The molecule has 3 rings (SSSR count). The van der Waals surface area contributed by atoms with Crippen molar-refractivity contribution in [2.45, 2.75) is 26.4 Å². The Morgan fingerprint density at radius 1 is 1.10 bits per heavy atom. The molecular formula is C21H22FN5O2. The number of nitrogens with one attached hydrogen (secondary N) is 3. The maximum absolute atomic E-state index is 13.1. The van der Waals surface area contributed by atoms with Crippen LogP contribution < -0.4 is 16.0 Å². The fourth-order valence-electron chi connectivity index (χ4n) is 2.85. The molecule has 0 unspecified atom stereocenters. The predicted molar refractivity (Wildman–Crippen MR) is 109 cm³/mol. The van der Waals surface area contributed by atoms with Gasteiger partial charge in [0.1, 0.15) is 11.6 Å². The summed E-state index contributed by atoms with van der Waals surface area (Å²) in [5.74, 6) is 0.0597. The van der Waals surface area contributed by atoms with Gasteiger partial charge in [0.15, 0.2) is 0 Å². The molecule has 0 aliphatic heterocycles. The molecule has 0 saturated heterocycles. The second-order valence-electron chi connectivity index (χ2n) is 6.63. The van der Waals surface area contributed by atoms with Crippen LogP contribution in [0.3, 0.4) is 0 Å². The summed E-state index contributed by atoms with van der Waals surface area (Å²) in [6.07, 6.45) is 1.58. The molecule has 1 atom stereocenters. The number of carbonyl (C=O) groups is 2. The smallest absolute Gasteiger partial charge is 0.320 e. The average molecular weight is 395 g/mol. The number of halogens is 1. The van der Waals surface area contributed by atoms with Crippen LogP contribution in [0.1, 0.15) is 31.0 Å². The molecule has 0 aliphatic rings. The molecule has 0 spiro atoms. The van der Waals surface area contributed by atoms with E-state index in [0.29, 0.717) is 18.1 Å². The molecule has 1 heterocycles. The summed E-state index contributed by atoms with van der Waals surface area (Å²) in [4.78, 5) is 23.6. The number of benzene rings is 2. The van der Waals surface area contributed by atoms with Gasteiger partial charge in [-0.25, -0.2) is 13.9 Å². The molecule has 0 fully saturated rings. The zero-order valence-electron chi connectivity index (χ0n) is 16.1. The van der Waals surface area contributed by atoms with Crippen LogP contribution in [0.2, 0.25) is 0 Å². The zero-order chi connectivity index (χ0) is 20.8. The van der Waals surface area contributed by atoms with Gasteiger partial charge < -0.3 is 10.6 Å². The maximum Gasteiger partial charge on any atom is 0.320 e. The minimum absolute atomic E-state index is 0.157. The van der Waals surface area contributed by atoms with Crippen LogP contribution in [0, 0.1) is 5.82 Å². The lowest BCUT2D eigenvalue weighted by atomic mass is 10.1. The third-order valence-corrected chi connectivity index (χ3v) is 4.26. The number of aromatic nitrogens is 2. The van der Waals surface area contributed by atoms with E-state index in [9.17, 15) is 14.0 Å². The lowest BCUT2D eigenvalue weighted by molar-refractivity contribution is -0.114. The van der Waals surface area contributed by atoms with E-state index in [4.69, 9.17) is 0 Å². The van der Waals surface area contributed by atoms with Crippen molar-refractivity contribution in [2.24, 2.45) is 0 Å². The highest BCUT2D eigenvalue weighted by molar-refractivity contribution is 5.89.